The van der Waals surface area contributed by atoms with E-state index in [-0.39, 0.29) is 5.75 Å². The van der Waals surface area contributed by atoms with E-state index in [4.69, 9.17) is 10.0 Å². The Hall–Kier alpha value is -3.03. The maximum atomic E-state index is 13.7. The number of hydrogen-bond donors (Lipinski definition) is 2. The van der Waals surface area contributed by atoms with Crippen LogP contribution in [0.1, 0.15) is 31.7 Å². The molecule has 0 radical (unpaired) electrons. The molecule has 0 amide bonds. The van der Waals surface area contributed by atoms with Crippen molar-refractivity contribution in [2.24, 2.45) is 0 Å². The van der Waals surface area contributed by atoms with Crippen LogP contribution in [0, 0.1) is 5.82 Å². The number of hydrogen-bond acceptors (Lipinski definition) is 5. The molecular formula is C27H38BFN2O3. The van der Waals surface area contributed by atoms with Gasteiger partial charge in [-0.15, -0.1) is 0 Å². The van der Waals surface area contributed by atoms with Crippen molar-refractivity contribution in [1.82, 2.24) is 0 Å². The highest BCUT2D eigenvalue weighted by Crippen LogP contribution is 2.22. The summed E-state index contributed by atoms with van der Waals surface area (Å²) in [6.45, 7) is 2.08. The van der Waals surface area contributed by atoms with Crippen molar-refractivity contribution >= 4 is 18.7 Å². The summed E-state index contributed by atoms with van der Waals surface area (Å²) in [5, 5.41) is 17.2. The summed E-state index contributed by atoms with van der Waals surface area (Å²) < 4.78 is 18.2. The minimum Gasteiger partial charge on any atom is -0.510 e. The molecule has 0 aliphatic heterocycles. The lowest BCUT2D eigenvalue weighted by molar-refractivity contribution is 0.281. The molecular weight excluding hydrogens is 430 g/mol. The predicted octanol–water partition coefficient (Wildman–Crippen LogP) is 5.41. The quantitative estimate of drug-likeness (QED) is 0.342. The van der Waals surface area contributed by atoms with Crippen molar-refractivity contribution in [3.63, 3.8) is 0 Å². The molecule has 0 saturated carbocycles. The summed E-state index contributed by atoms with van der Waals surface area (Å²) in [6.07, 6.45) is 3.68. The van der Waals surface area contributed by atoms with E-state index in [1.807, 2.05) is 64.6 Å². The number of para-hydroxylation sites is 2. The zero-order valence-corrected chi connectivity index (χ0v) is 21.0. The Kier molecular flexibility index (Phi) is 14.1. The van der Waals surface area contributed by atoms with Gasteiger partial charge in [-0.2, -0.15) is 0 Å². The Morgan fingerprint density at radius 3 is 1.62 bits per heavy atom. The smallest absolute Gasteiger partial charge is 0.510 e. The second-order valence-electron chi connectivity index (χ2n) is 8.09. The lowest BCUT2D eigenvalue weighted by Crippen LogP contribution is -2.21. The first kappa shape index (κ1) is 29.0. The predicted molar refractivity (Wildman–Crippen MR) is 142 cm³/mol. The minimum atomic E-state index is -1.99. The highest BCUT2D eigenvalue weighted by molar-refractivity contribution is 6.33. The van der Waals surface area contributed by atoms with Crippen molar-refractivity contribution in [2.45, 2.75) is 32.6 Å². The summed E-state index contributed by atoms with van der Waals surface area (Å²) in [4.78, 5) is 4.17. The van der Waals surface area contributed by atoms with E-state index in [0.29, 0.717) is 12.0 Å². The second-order valence-corrected chi connectivity index (χ2v) is 8.09. The molecule has 0 fully saturated rings. The van der Waals surface area contributed by atoms with E-state index >= 15 is 0 Å². The standard InChI is InChI=1S/C11H16BFO3.2C8H11N/c1-2-3-4-6-9-7-5-8-10(11(9)13)16-12(14)15;2*1-9(2)8-6-4-3-5-7-8/h5,7-8,14-15H,2-4,6H2,1H3;2*3-7H,1-2H3. The van der Waals surface area contributed by atoms with Crippen molar-refractivity contribution < 1.29 is 19.1 Å². The van der Waals surface area contributed by atoms with Crippen LogP contribution in [0.5, 0.6) is 5.75 Å². The molecule has 0 atom stereocenters. The number of halogens is 1. The number of aryl methyl sites for hydroxylation is 1. The maximum Gasteiger partial charge on any atom is 0.707 e. The molecule has 3 aromatic rings. The summed E-state index contributed by atoms with van der Waals surface area (Å²) in [7, 11) is 6.16. The SMILES string of the molecule is CCCCCc1cccc(OB(O)O)c1F.CN(C)c1ccccc1.CN(C)c1ccccc1. The molecule has 34 heavy (non-hydrogen) atoms. The topological polar surface area (TPSA) is 56.2 Å². The number of anilines is 2. The molecule has 0 aliphatic carbocycles. The van der Waals surface area contributed by atoms with E-state index < -0.39 is 13.1 Å². The molecule has 7 heteroatoms. The highest BCUT2D eigenvalue weighted by Gasteiger charge is 2.16. The van der Waals surface area contributed by atoms with Crippen LogP contribution < -0.4 is 14.5 Å². The first-order valence-corrected chi connectivity index (χ1v) is 11.5. The molecule has 0 bridgehead atoms. The first-order chi connectivity index (χ1) is 16.3. The van der Waals surface area contributed by atoms with Gasteiger partial charge in [0.2, 0.25) is 0 Å². The van der Waals surface area contributed by atoms with Gasteiger partial charge in [0.15, 0.2) is 5.82 Å². The molecule has 2 N–H and O–H groups in total. The second kappa shape index (κ2) is 16.6. The lowest BCUT2D eigenvalue weighted by Gasteiger charge is -2.10. The van der Waals surface area contributed by atoms with Gasteiger partial charge in [0.1, 0.15) is 5.75 Å². The molecule has 0 spiro atoms. The molecule has 5 nitrogen and oxygen atoms in total. The summed E-state index contributed by atoms with van der Waals surface area (Å²) in [5.74, 6) is -0.629. The van der Waals surface area contributed by atoms with Crippen molar-refractivity contribution in [3.05, 3.63) is 90.2 Å². The lowest BCUT2D eigenvalue weighted by atomic mass is 10.1. The molecule has 3 aromatic carbocycles. The monoisotopic (exact) mass is 468 g/mol. The van der Waals surface area contributed by atoms with Crippen LogP contribution in [0.25, 0.3) is 0 Å². The average Bonchev–Trinajstić information content (AvgIpc) is 2.83. The molecule has 0 unspecified atom stereocenters. The van der Waals surface area contributed by atoms with Crippen LogP contribution >= 0.6 is 0 Å². The number of unbranched alkanes of at least 4 members (excludes halogenated alkanes) is 2. The van der Waals surface area contributed by atoms with Gasteiger partial charge >= 0.3 is 7.32 Å². The van der Waals surface area contributed by atoms with Gasteiger partial charge in [-0.05, 0) is 48.7 Å². The van der Waals surface area contributed by atoms with Gasteiger partial charge in [-0.1, -0.05) is 68.3 Å². The zero-order valence-electron chi connectivity index (χ0n) is 21.0. The van der Waals surface area contributed by atoms with E-state index in [9.17, 15) is 4.39 Å². The maximum absolute atomic E-state index is 13.7. The Balaban J connectivity index is 0.000000274. The fraction of sp³-hybridized carbons (Fsp3) is 0.333. The van der Waals surface area contributed by atoms with Crippen molar-refractivity contribution in [2.75, 3.05) is 38.0 Å². The van der Waals surface area contributed by atoms with Gasteiger partial charge in [-0.25, -0.2) is 4.39 Å². The summed E-state index contributed by atoms with van der Waals surface area (Å²) in [6, 6.07) is 25.2. The molecule has 0 aromatic heterocycles. The zero-order chi connectivity index (χ0) is 25.3. The van der Waals surface area contributed by atoms with Gasteiger partial charge in [0, 0.05) is 39.6 Å². The molecule has 184 valence electrons. The third kappa shape index (κ3) is 11.7. The van der Waals surface area contributed by atoms with Crippen LogP contribution in [-0.4, -0.2) is 45.6 Å². The number of nitrogens with zero attached hydrogens (tertiary/aromatic N) is 2. The highest BCUT2D eigenvalue weighted by atomic mass is 19.1. The average molecular weight is 468 g/mol. The molecule has 0 aliphatic rings. The Morgan fingerprint density at radius 2 is 1.24 bits per heavy atom. The van der Waals surface area contributed by atoms with Crippen molar-refractivity contribution in [3.8, 4) is 5.75 Å². The minimum absolute atomic E-state index is 0.121. The first-order valence-electron chi connectivity index (χ1n) is 11.5. The molecule has 0 saturated heterocycles. The number of benzene rings is 3. The Labute approximate surface area is 204 Å². The Bertz CT molecular complexity index is 867. The summed E-state index contributed by atoms with van der Waals surface area (Å²) >= 11 is 0. The van der Waals surface area contributed by atoms with Crippen LogP contribution in [0.4, 0.5) is 15.8 Å². The normalized spacial score (nSPS) is 9.65. The number of rotatable bonds is 8. The van der Waals surface area contributed by atoms with Crippen LogP contribution in [0.2, 0.25) is 0 Å². The van der Waals surface area contributed by atoms with Crippen LogP contribution in [0.15, 0.2) is 78.9 Å². The van der Waals surface area contributed by atoms with E-state index in [1.165, 1.54) is 17.4 Å². The van der Waals surface area contributed by atoms with E-state index in [0.717, 1.165) is 19.3 Å². The third-order valence-electron chi connectivity index (χ3n) is 4.87. The molecule has 0 heterocycles. The molecule has 3 rings (SSSR count). The fourth-order valence-corrected chi connectivity index (χ4v) is 2.97. The van der Waals surface area contributed by atoms with Crippen LogP contribution in [-0.2, 0) is 6.42 Å². The van der Waals surface area contributed by atoms with Gasteiger partial charge in [-0.3, -0.25) is 0 Å². The van der Waals surface area contributed by atoms with Crippen molar-refractivity contribution in [1.29, 1.82) is 0 Å². The third-order valence-corrected chi connectivity index (χ3v) is 4.87. The van der Waals surface area contributed by atoms with Crippen LogP contribution in [0.3, 0.4) is 0 Å². The van der Waals surface area contributed by atoms with Gasteiger partial charge in [0.25, 0.3) is 0 Å². The van der Waals surface area contributed by atoms with Gasteiger partial charge in [0.05, 0.1) is 0 Å². The summed E-state index contributed by atoms with van der Waals surface area (Å²) in [5.41, 5.74) is 3.04. The van der Waals surface area contributed by atoms with Gasteiger partial charge < -0.3 is 24.5 Å². The van der Waals surface area contributed by atoms with E-state index in [1.54, 1.807) is 12.1 Å². The largest absolute Gasteiger partial charge is 0.707 e. The van der Waals surface area contributed by atoms with E-state index in [2.05, 4.69) is 45.6 Å². The fourth-order valence-electron chi connectivity index (χ4n) is 2.97. The Morgan fingerprint density at radius 1 is 0.735 bits per heavy atom.